The molecule has 0 aliphatic carbocycles. The molecule has 2 aliphatic rings. The standard InChI is InChI=1S/C27H30N4O4/c1-4-5-6-14-28-24(32)17-7-9-18(10-8-17)31-25(33)27(2)23-20(13-15-30(27)26(31)34)21-16-19(35-3)11-12-22(21)29-23/h7-12,16,29H,4-6,13-15H2,1-3H3,(H,28,32). The average molecular weight is 475 g/mol. The summed E-state index contributed by atoms with van der Waals surface area (Å²) in [6.07, 6.45) is 3.74. The Kier molecular flexibility index (Phi) is 5.75. The number of benzene rings is 2. The summed E-state index contributed by atoms with van der Waals surface area (Å²) in [5, 5.41) is 3.92. The van der Waals surface area contributed by atoms with Crippen molar-refractivity contribution in [1.29, 1.82) is 0 Å². The third-order valence-corrected chi connectivity index (χ3v) is 7.22. The van der Waals surface area contributed by atoms with Gasteiger partial charge in [0.2, 0.25) is 0 Å². The van der Waals surface area contributed by atoms with Crippen molar-refractivity contribution in [2.75, 3.05) is 25.1 Å². The van der Waals surface area contributed by atoms with Crippen molar-refractivity contribution in [2.24, 2.45) is 0 Å². The number of hydrogen-bond acceptors (Lipinski definition) is 4. The van der Waals surface area contributed by atoms with E-state index in [-0.39, 0.29) is 17.8 Å². The van der Waals surface area contributed by atoms with E-state index in [0.29, 0.717) is 30.8 Å². The highest BCUT2D eigenvalue weighted by Gasteiger charge is 2.59. The lowest BCUT2D eigenvalue weighted by Crippen LogP contribution is -2.49. The van der Waals surface area contributed by atoms with Gasteiger partial charge in [0.05, 0.1) is 18.5 Å². The normalized spacial score (nSPS) is 19.2. The number of ether oxygens (including phenoxy) is 1. The van der Waals surface area contributed by atoms with Crippen LogP contribution in [0.1, 0.15) is 54.7 Å². The van der Waals surface area contributed by atoms with Crippen molar-refractivity contribution >= 4 is 34.4 Å². The number of anilines is 1. The Hall–Kier alpha value is -3.81. The van der Waals surface area contributed by atoms with Crippen molar-refractivity contribution in [3.05, 3.63) is 59.3 Å². The lowest BCUT2D eigenvalue weighted by atomic mass is 9.87. The van der Waals surface area contributed by atoms with Gasteiger partial charge in [0, 0.05) is 29.6 Å². The number of urea groups is 1. The second kappa shape index (κ2) is 8.76. The number of fused-ring (bicyclic) bond motifs is 5. The van der Waals surface area contributed by atoms with Crippen molar-refractivity contribution in [3.8, 4) is 5.75 Å². The van der Waals surface area contributed by atoms with Gasteiger partial charge in [0.25, 0.3) is 11.8 Å². The number of amides is 4. The zero-order chi connectivity index (χ0) is 24.7. The first-order chi connectivity index (χ1) is 16.9. The van der Waals surface area contributed by atoms with Crippen LogP contribution in [0.2, 0.25) is 0 Å². The minimum Gasteiger partial charge on any atom is -0.497 e. The van der Waals surface area contributed by atoms with E-state index in [4.69, 9.17) is 4.74 Å². The van der Waals surface area contributed by atoms with Crippen LogP contribution in [0.5, 0.6) is 5.75 Å². The molecule has 2 aromatic carbocycles. The molecule has 8 heteroatoms. The van der Waals surface area contributed by atoms with Gasteiger partial charge in [-0.2, -0.15) is 0 Å². The van der Waals surface area contributed by atoms with Gasteiger partial charge < -0.3 is 19.9 Å². The number of hydrogen-bond donors (Lipinski definition) is 2. The fourth-order valence-corrected chi connectivity index (χ4v) is 5.21. The summed E-state index contributed by atoms with van der Waals surface area (Å²) in [4.78, 5) is 45.9. The largest absolute Gasteiger partial charge is 0.497 e. The topological polar surface area (TPSA) is 94.7 Å². The van der Waals surface area contributed by atoms with Gasteiger partial charge in [0.1, 0.15) is 5.75 Å². The lowest BCUT2D eigenvalue weighted by molar-refractivity contribution is -0.125. The highest BCUT2D eigenvalue weighted by atomic mass is 16.5. The van der Waals surface area contributed by atoms with Crippen molar-refractivity contribution in [3.63, 3.8) is 0 Å². The van der Waals surface area contributed by atoms with Crippen molar-refractivity contribution in [2.45, 2.75) is 45.1 Å². The van der Waals surface area contributed by atoms with Crippen LogP contribution in [0.25, 0.3) is 10.9 Å². The number of H-pyrrole nitrogens is 1. The van der Waals surface area contributed by atoms with Crippen LogP contribution in [0, 0.1) is 0 Å². The summed E-state index contributed by atoms with van der Waals surface area (Å²) >= 11 is 0. The molecular formula is C27H30N4O4. The molecule has 1 aromatic heterocycles. The molecule has 8 nitrogen and oxygen atoms in total. The molecule has 35 heavy (non-hydrogen) atoms. The molecule has 1 fully saturated rings. The number of nitrogens with zero attached hydrogens (tertiary/aromatic N) is 2. The molecule has 3 aromatic rings. The van der Waals surface area contributed by atoms with Crippen LogP contribution < -0.4 is 15.0 Å². The van der Waals surface area contributed by atoms with E-state index in [9.17, 15) is 14.4 Å². The third-order valence-electron chi connectivity index (χ3n) is 7.22. The number of rotatable bonds is 7. The van der Waals surface area contributed by atoms with Gasteiger partial charge in [-0.3, -0.25) is 9.59 Å². The minimum atomic E-state index is -1.13. The summed E-state index contributed by atoms with van der Waals surface area (Å²) < 4.78 is 5.38. The minimum absolute atomic E-state index is 0.158. The Morgan fingerprint density at radius 3 is 2.63 bits per heavy atom. The van der Waals surface area contributed by atoms with Crippen LogP contribution in [-0.2, 0) is 16.8 Å². The van der Waals surface area contributed by atoms with Crippen LogP contribution in [-0.4, -0.2) is 47.9 Å². The monoisotopic (exact) mass is 474 g/mol. The number of aromatic amines is 1. The van der Waals surface area contributed by atoms with Gasteiger partial charge in [-0.25, -0.2) is 9.69 Å². The van der Waals surface area contributed by atoms with Crippen LogP contribution >= 0.6 is 0 Å². The van der Waals surface area contributed by atoms with Crippen LogP contribution in [0.4, 0.5) is 10.5 Å². The molecular weight excluding hydrogens is 444 g/mol. The van der Waals surface area contributed by atoms with Gasteiger partial charge >= 0.3 is 6.03 Å². The first-order valence-electron chi connectivity index (χ1n) is 12.1. The predicted molar refractivity (Wildman–Crippen MR) is 134 cm³/mol. The average Bonchev–Trinajstić information content (AvgIpc) is 3.34. The molecule has 2 N–H and O–H groups in total. The zero-order valence-corrected chi connectivity index (χ0v) is 20.3. The number of imide groups is 1. The maximum atomic E-state index is 13.8. The molecule has 0 spiro atoms. The molecule has 4 amide bonds. The number of carbonyl (C=O) groups excluding carboxylic acids is 3. The number of methoxy groups -OCH3 is 1. The Morgan fingerprint density at radius 1 is 1.14 bits per heavy atom. The van der Waals surface area contributed by atoms with Crippen molar-refractivity contribution in [1.82, 2.24) is 15.2 Å². The molecule has 1 saturated heterocycles. The quantitative estimate of drug-likeness (QED) is 0.394. The summed E-state index contributed by atoms with van der Waals surface area (Å²) in [7, 11) is 1.63. The van der Waals surface area contributed by atoms with Gasteiger partial charge in [0.15, 0.2) is 5.54 Å². The number of nitrogens with one attached hydrogen (secondary N) is 2. The molecule has 0 radical (unpaired) electrons. The molecule has 2 aliphatic heterocycles. The van der Waals surface area contributed by atoms with E-state index >= 15 is 0 Å². The summed E-state index contributed by atoms with van der Waals surface area (Å²) in [5.74, 6) is 0.282. The van der Waals surface area contributed by atoms with E-state index in [2.05, 4.69) is 17.2 Å². The van der Waals surface area contributed by atoms with Gasteiger partial charge in [-0.05, 0) is 67.8 Å². The second-order valence-electron chi connectivity index (χ2n) is 9.30. The summed E-state index contributed by atoms with van der Waals surface area (Å²) in [5.41, 5.74) is 2.52. The highest BCUT2D eigenvalue weighted by Crippen LogP contribution is 2.45. The Labute approximate surface area is 204 Å². The van der Waals surface area contributed by atoms with Crippen LogP contribution in [0.3, 0.4) is 0 Å². The summed E-state index contributed by atoms with van der Waals surface area (Å²) in [6.45, 7) is 4.98. The molecule has 0 bridgehead atoms. The third kappa shape index (κ3) is 3.55. The summed E-state index contributed by atoms with van der Waals surface area (Å²) in [6, 6.07) is 12.1. The molecule has 1 unspecified atom stereocenters. The fraction of sp³-hybridized carbons (Fsp3) is 0.370. The van der Waals surface area contributed by atoms with E-state index in [0.717, 1.165) is 47.2 Å². The molecule has 5 rings (SSSR count). The van der Waals surface area contributed by atoms with Gasteiger partial charge in [-0.15, -0.1) is 0 Å². The van der Waals surface area contributed by atoms with E-state index in [1.807, 2.05) is 18.2 Å². The number of aromatic nitrogens is 1. The smallest absolute Gasteiger partial charge is 0.332 e. The molecule has 182 valence electrons. The molecule has 3 heterocycles. The Morgan fingerprint density at radius 2 is 1.91 bits per heavy atom. The predicted octanol–water partition coefficient (Wildman–Crippen LogP) is 4.34. The second-order valence-corrected chi connectivity index (χ2v) is 9.30. The Bertz CT molecular complexity index is 1310. The van der Waals surface area contributed by atoms with Crippen molar-refractivity contribution < 1.29 is 19.1 Å². The van der Waals surface area contributed by atoms with E-state index in [1.54, 1.807) is 43.2 Å². The maximum absolute atomic E-state index is 13.8. The highest BCUT2D eigenvalue weighted by molar-refractivity contribution is 6.23. The zero-order valence-electron chi connectivity index (χ0n) is 20.3. The number of unbranched alkanes of at least 4 members (excludes halogenated alkanes) is 2. The molecule has 0 saturated carbocycles. The van der Waals surface area contributed by atoms with Crippen LogP contribution in [0.15, 0.2) is 42.5 Å². The lowest BCUT2D eigenvalue weighted by Gasteiger charge is -2.35. The first kappa shape index (κ1) is 23.0. The van der Waals surface area contributed by atoms with Gasteiger partial charge in [-0.1, -0.05) is 19.8 Å². The van der Waals surface area contributed by atoms with E-state index < -0.39 is 5.54 Å². The first-order valence-corrected chi connectivity index (χ1v) is 12.1. The SMILES string of the molecule is CCCCCNC(=O)c1ccc(N2C(=O)N3CCc4c([nH]c5ccc(OC)cc45)C3(C)C2=O)cc1. The van der Waals surface area contributed by atoms with E-state index in [1.165, 1.54) is 4.90 Å². The number of carbonyl (C=O) groups is 3. The molecule has 1 atom stereocenters. The Balaban J connectivity index is 1.43. The fourth-order valence-electron chi connectivity index (χ4n) is 5.21. The maximum Gasteiger partial charge on any atom is 0.332 e.